The molecule has 0 saturated heterocycles. The molecule has 0 aliphatic carbocycles. The van der Waals surface area contributed by atoms with Crippen molar-refractivity contribution in [2.75, 3.05) is 5.32 Å². The Balaban J connectivity index is 2.11. The summed E-state index contributed by atoms with van der Waals surface area (Å²) in [5, 5.41) is 6.80. The maximum atomic E-state index is 11.8. The van der Waals surface area contributed by atoms with Crippen molar-refractivity contribution in [1.29, 1.82) is 0 Å². The lowest BCUT2D eigenvalue weighted by Gasteiger charge is -2.02. The molecular formula is C15H11ClN4O. The highest BCUT2D eigenvalue weighted by Crippen LogP contribution is 2.20. The van der Waals surface area contributed by atoms with E-state index < -0.39 is 0 Å². The van der Waals surface area contributed by atoms with Crippen molar-refractivity contribution in [1.82, 2.24) is 0 Å². The lowest BCUT2D eigenvalue weighted by atomic mass is 10.1. The standard InChI is InChI=1S/C15H11ClN4O/c16-12-5-3-6-13(10-12)18-15(21)9-8-11-4-1-2-7-14(11)19-20-17/h1-10H,(H,18,21)/b9-8+. The minimum Gasteiger partial charge on any atom is -0.322 e. The van der Waals surface area contributed by atoms with Crippen molar-refractivity contribution in [3.05, 3.63) is 75.6 Å². The Hall–Kier alpha value is -2.75. The molecule has 0 bridgehead atoms. The highest BCUT2D eigenvalue weighted by molar-refractivity contribution is 6.30. The number of anilines is 1. The molecule has 2 rings (SSSR count). The Labute approximate surface area is 126 Å². The van der Waals surface area contributed by atoms with Crippen LogP contribution in [0.2, 0.25) is 5.02 Å². The normalized spacial score (nSPS) is 10.1. The summed E-state index contributed by atoms with van der Waals surface area (Å²) in [6.07, 6.45) is 2.95. The van der Waals surface area contributed by atoms with E-state index in [0.717, 1.165) is 0 Å². The van der Waals surface area contributed by atoms with Gasteiger partial charge in [-0.2, -0.15) is 0 Å². The summed E-state index contributed by atoms with van der Waals surface area (Å²) in [6, 6.07) is 13.9. The number of carbonyl (C=O) groups excluding carboxylic acids is 1. The molecule has 0 saturated carbocycles. The zero-order chi connectivity index (χ0) is 15.1. The molecule has 0 aromatic heterocycles. The Kier molecular flexibility index (Phi) is 4.99. The minimum atomic E-state index is -0.298. The Morgan fingerprint density at radius 2 is 2.05 bits per heavy atom. The second-order valence-electron chi connectivity index (χ2n) is 4.08. The van der Waals surface area contributed by atoms with Gasteiger partial charge in [0.05, 0.1) is 0 Å². The van der Waals surface area contributed by atoms with E-state index in [1.807, 2.05) is 0 Å². The summed E-state index contributed by atoms with van der Waals surface area (Å²) in [6.45, 7) is 0. The average molecular weight is 299 g/mol. The van der Waals surface area contributed by atoms with Gasteiger partial charge in [-0.05, 0) is 35.4 Å². The predicted molar refractivity (Wildman–Crippen MR) is 84.4 cm³/mol. The van der Waals surface area contributed by atoms with Crippen molar-refractivity contribution in [2.24, 2.45) is 5.11 Å². The molecule has 6 heteroatoms. The second kappa shape index (κ2) is 7.14. The van der Waals surface area contributed by atoms with Crippen LogP contribution in [0.4, 0.5) is 11.4 Å². The molecule has 1 amide bonds. The van der Waals surface area contributed by atoms with Crippen LogP contribution in [0.5, 0.6) is 0 Å². The molecule has 0 fully saturated rings. The molecule has 0 aliphatic rings. The van der Waals surface area contributed by atoms with Crippen LogP contribution in [0.1, 0.15) is 5.56 Å². The van der Waals surface area contributed by atoms with Crippen molar-refractivity contribution < 1.29 is 4.79 Å². The molecule has 0 spiro atoms. The summed E-state index contributed by atoms with van der Waals surface area (Å²) in [5.74, 6) is -0.298. The van der Waals surface area contributed by atoms with Gasteiger partial charge < -0.3 is 5.32 Å². The van der Waals surface area contributed by atoms with E-state index >= 15 is 0 Å². The van der Waals surface area contributed by atoms with Gasteiger partial charge in [0.25, 0.3) is 0 Å². The molecule has 104 valence electrons. The maximum absolute atomic E-state index is 11.8. The van der Waals surface area contributed by atoms with Gasteiger partial charge in [-0.3, -0.25) is 4.79 Å². The lowest BCUT2D eigenvalue weighted by molar-refractivity contribution is -0.111. The first kappa shape index (κ1) is 14.7. The van der Waals surface area contributed by atoms with Crippen LogP contribution in [-0.4, -0.2) is 5.91 Å². The number of benzene rings is 2. The SMILES string of the molecule is [N-]=[N+]=Nc1ccccc1/C=C/C(=O)Nc1cccc(Cl)c1. The second-order valence-corrected chi connectivity index (χ2v) is 4.52. The summed E-state index contributed by atoms with van der Waals surface area (Å²) < 4.78 is 0. The molecule has 1 N–H and O–H groups in total. The first-order valence-corrected chi connectivity index (χ1v) is 6.45. The van der Waals surface area contributed by atoms with E-state index in [4.69, 9.17) is 17.1 Å². The van der Waals surface area contributed by atoms with Crippen LogP contribution in [0, 0.1) is 0 Å². The number of amides is 1. The van der Waals surface area contributed by atoms with E-state index in [1.165, 1.54) is 6.08 Å². The predicted octanol–water partition coefficient (Wildman–Crippen LogP) is 4.93. The summed E-state index contributed by atoms with van der Waals surface area (Å²) in [7, 11) is 0. The van der Waals surface area contributed by atoms with Crippen molar-refractivity contribution >= 4 is 35.0 Å². The largest absolute Gasteiger partial charge is 0.322 e. The third kappa shape index (κ3) is 4.38. The molecule has 0 aliphatic heterocycles. The highest BCUT2D eigenvalue weighted by atomic mass is 35.5. The zero-order valence-corrected chi connectivity index (χ0v) is 11.7. The number of nitrogens with zero attached hydrogens (tertiary/aromatic N) is 3. The van der Waals surface area contributed by atoms with Crippen LogP contribution >= 0.6 is 11.6 Å². The summed E-state index contributed by atoms with van der Waals surface area (Å²) >= 11 is 5.84. The molecule has 21 heavy (non-hydrogen) atoms. The van der Waals surface area contributed by atoms with Crippen molar-refractivity contribution in [2.45, 2.75) is 0 Å². The number of rotatable bonds is 4. The van der Waals surface area contributed by atoms with Gasteiger partial charge in [0.2, 0.25) is 5.91 Å². The van der Waals surface area contributed by atoms with Crippen LogP contribution in [0.3, 0.4) is 0 Å². The third-order valence-corrected chi connectivity index (χ3v) is 2.83. The Bertz CT molecular complexity index is 736. The highest BCUT2D eigenvalue weighted by Gasteiger charge is 2.00. The van der Waals surface area contributed by atoms with Crippen molar-refractivity contribution in [3.63, 3.8) is 0 Å². The molecule has 0 heterocycles. The Morgan fingerprint density at radius 1 is 1.24 bits per heavy atom. The van der Waals surface area contributed by atoms with Gasteiger partial charge >= 0.3 is 0 Å². The third-order valence-electron chi connectivity index (χ3n) is 2.60. The molecule has 0 radical (unpaired) electrons. The van der Waals surface area contributed by atoms with Crippen LogP contribution in [0.25, 0.3) is 16.5 Å². The first-order chi connectivity index (χ1) is 10.2. The topological polar surface area (TPSA) is 77.9 Å². The van der Waals surface area contributed by atoms with Crippen LogP contribution in [-0.2, 0) is 4.79 Å². The first-order valence-electron chi connectivity index (χ1n) is 6.08. The molecule has 2 aromatic rings. The molecule has 2 aromatic carbocycles. The lowest BCUT2D eigenvalue weighted by Crippen LogP contribution is -2.07. The summed E-state index contributed by atoms with van der Waals surface area (Å²) in [4.78, 5) is 14.6. The molecule has 5 nitrogen and oxygen atoms in total. The number of hydrogen-bond donors (Lipinski definition) is 1. The van der Waals surface area contributed by atoms with Crippen LogP contribution in [0.15, 0.2) is 59.7 Å². The van der Waals surface area contributed by atoms with Gasteiger partial charge in [-0.25, -0.2) is 0 Å². The fraction of sp³-hybridized carbons (Fsp3) is 0. The van der Waals surface area contributed by atoms with Gasteiger partial charge in [-0.15, -0.1) is 0 Å². The number of nitrogens with one attached hydrogen (secondary N) is 1. The van der Waals surface area contributed by atoms with Gasteiger partial charge in [0, 0.05) is 27.4 Å². The molecule has 0 atom stereocenters. The van der Waals surface area contributed by atoms with E-state index in [9.17, 15) is 4.79 Å². The van der Waals surface area contributed by atoms with E-state index in [2.05, 4.69) is 15.3 Å². The van der Waals surface area contributed by atoms with Gasteiger partial charge in [-0.1, -0.05) is 47.0 Å². The number of hydrogen-bond acceptors (Lipinski definition) is 2. The smallest absolute Gasteiger partial charge is 0.248 e. The van der Waals surface area contributed by atoms with Crippen LogP contribution < -0.4 is 5.32 Å². The summed E-state index contributed by atoms with van der Waals surface area (Å²) in [5.41, 5.74) is 10.2. The monoisotopic (exact) mass is 298 g/mol. The maximum Gasteiger partial charge on any atom is 0.248 e. The number of azide groups is 1. The van der Waals surface area contributed by atoms with Gasteiger partial charge in [0.15, 0.2) is 0 Å². The quantitative estimate of drug-likeness (QED) is 0.369. The van der Waals surface area contributed by atoms with E-state index in [0.29, 0.717) is 22.0 Å². The fourth-order valence-electron chi connectivity index (χ4n) is 1.68. The average Bonchev–Trinajstić information content (AvgIpc) is 2.47. The fourth-order valence-corrected chi connectivity index (χ4v) is 1.87. The molecule has 0 unspecified atom stereocenters. The minimum absolute atomic E-state index is 0.298. The van der Waals surface area contributed by atoms with E-state index in [-0.39, 0.29) is 5.91 Å². The van der Waals surface area contributed by atoms with E-state index in [1.54, 1.807) is 54.6 Å². The van der Waals surface area contributed by atoms with Crippen molar-refractivity contribution in [3.8, 4) is 0 Å². The number of carbonyl (C=O) groups is 1. The Morgan fingerprint density at radius 3 is 2.81 bits per heavy atom. The zero-order valence-electron chi connectivity index (χ0n) is 10.9. The van der Waals surface area contributed by atoms with Gasteiger partial charge in [0.1, 0.15) is 0 Å². The molecular weight excluding hydrogens is 288 g/mol. The number of halogens is 1.